The Bertz CT molecular complexity index is 461. The number of amides is 1. The molecule has 2 heterocycles. The molecule has 2 rings (SSSR count). The molecule has 6 heteroatoms. The quantitative estimate of drug-likeness (QED) is 0.800. The van der Waals surface area contributed by atoms with E-state index in [0.29, 0.717) is 10.8 Å². The Morgan fingerprint density at radius 1 is 1.53 bits per heavy atom. The first-order valence-corrected chi connectivity index (χ1v) is 7.92. The number of rotatable bonds is 1. The van der Waals surface area contributed by atoms with Crippen molar-refractivity contribution < 1.29 is 4.79 Å². The monoisotopic (exact) mass is 301 g/mol. The van der Waals surface area contributed by atoms with Gasteiger partial charge in [-0.15, -0.1) is 0 Å². The number of nitrogens with zero attached hydrogens (tertiary/aromatic N) is 3. The van der Waals surface area contributed by atoms with Crippen LogP contribution in [-0.2, 0) is 7.05 Å². The summed E-state index contributed by atoms with van der Waals surface area (Å²) in [5, 5.41) is 4.68. The molecule has 4 nitrogen and oxygen atoms in total. The van der Waals surface area contributed by atoms with Gasteiger partial charge in [0, 0.05) is 37.2 Å². The van der Waals surface area contributed by atoms with Crippen molar-refractivity contribution in [3.05, 3.63) is 16.9 Å². The van der Waals surface area contributed by atoms with Gasteiger partial charge < -0.3 is 4.90 Å². The van der Waals surface area contributed by atoms with Gasteiger partial charge in [0.25, 0.3) is 5.91 Å². The van der Waals surface area contributed by atoms with Gasteiger partial charge in [0.1, 0.15) is 5.15 Å². The molecule has 106 valence electrons. The second-order valence-electron chi connectivity index (χ2n) is 5.93. The van der Waals surface area contributed by atoms with Gasteiger partial charge in [0.05, 0.1) is 0 Å². The summed E-state index contributed by atoms with van der Waals surface area (Å²) in [5.41, 5.74) is 0.510. The lowest BCUT2D eigenvalue weighted by Gasteiger charge is -2.42. The third kappa shape index (κ3) is 3.08. The van der Waals surface area contributed by atoms with Gasteiger partial charge in [-0.25, -0.2) is 0 Å². The molecular weight excluding hydrogens is 282 g/mol. The van der Waals surface area contributed by atoms with Crippen molar-refractivity contribution >= 4 is 29.3 Å². The lowest BCUT2D eigenvalue weighted by atomic mass is 9.86. The van der Waals surface area contributed by atoms with Crippen molar-refractivity contribution in [1.29, 1.82) is 0 Å². The van der Waals surface area contributed by atoms with Crippen LogP contribution in [-0.4, -0.2) is 44.7 Å². The van der Waals surface area contributed by atoms with Gasteiger partial charge in [0.15, 0.2) is 5.69 Å². The molecule has 0 N–H and O–H groups in total. The molecule has 0 bridgehead atoms. The standard InChI is InChI=1S/C13H20ClN3OS/c1-13(2,3)10-8-19-6-5-17(10)12(18)9-7-11(14)16(4)15-9/h7,10H,5-6,8H2,1-4H3. The number of hydrogen-bond acceptors (Lipinski definition) is 3. The smallest absolute Gasteiger partial charge is 0.274 e. The van der Waals surface area contributed by atoms with Crippen molar-refractivity contribution in [1.82, 2.24) is 14.7 Å². The first kappa shape index (κ1) is 14.7. The number of aromatic nitrogens is 2. The molecular formula is C13H20ClN3OS. The summed E-state index contributed by atoms with van der Waals surface area (Å²) < 4.78 is 1.53. The molecule has 1 atom stereocenters. The number of halogens is 1. The third-order valence-corrected chi connectivity index (χ3v) is 4.81. The molecule has 1 aliphatic rings. The second kappa shape index (κ2) is 5.37. The Balaban J connectivity index is 2.25. The largest absolute Gasteiger partial charge is 0.332 e. The minimum Gasteiger partial charge on any atom is -0.332 e. The van der Waals surface area contributed by atoms with Crippen LogP contribution < -0.4 is 0 Å². The van der Waals surface area contributed by atoms with E-state index in [9.17, 15) is 4.79 Å². The molecule has 1 amide bonds. The zero-order valence-corrected chi connectivity index (χ0v) is 13.4. The molecule has 1 fully saturated rings. The van der Waals surface area contributed by atoms with Crippen LogP contribution in [0.2, 0.25) is 5.15 Å². The van der Waals surface area contributed by atoms with Gasteiger partial charge in [-0.1, -0.05) is 32.4 Å². The van der Waals surface area contributed by atoms with E-state index in [1.54, 1.807) is 13.1 Å². The van der Waals surface area contributed by atoms with Crippen molar-refractivity contribution in [2.24, 2.45) is 12.5 Å². The fourth-order valence-electron chi connectivity index (χ4n) is 2.26. The van der Waals surface area contributed by atoms with E-state index in [1.807, 2.05) is 16.7 Å². The highest BCUT2D eigenvalue weighted by Crippen LogP contribution is 2.31. The van der Waals surface area contributed by atoms with Crippen molar-refractivity contribution in [3.8, 4) is 0 Å². The molecule has 0 aromatic carbocycles. The van der Waals surface area contributed by atoms with Crippen LogP contribution in [0.4, 0.5) is 0 Å². The maximum absolute atomic E-state index is 12.6. The minimum atomic E-state index is -0.0114. The zero-order valence-electron chi connectivity index (χ0n) is 11.8. The molecule has 0 radical (unpaired) electrons. The second-order valence-corrected chi connectivity index (χ2v) is 7.47. The highest BCUT2D eigenvalue weighted by atomic mass is 35.5. The lowest BCUT2D eigenvalue weighted by molar-refractivity contribution is 0.0563. The van der Waals surface area contributed by atoms with E-state index in [4.69, 9.17) is 11.6 Å². The predicted molar refractivity (Wildman–Crippen MR) is 79.8 cm³/mol. The number of carbonyl (C=O) groups is 1. The molecule has 0 spiro atoms. The summed E-state index contributed by atoms with van der Waals surface area (Å²) in [5.74, 6) is 1.96. The van der Waals surface area contributed by atoms with Crippen LogP contribution >= 0.6 is 23.4 Å². The number of hydrogen-bond donors (Lipinski definition) is 0. The van der Waals surface area contributed by atoms with Gasteiger partial charge >= 0.3 is 0 Å². The Hall–Kier alpha value is -0.680. The Kier molecular flexibility index (Phi) is 4.16. The maximum atomic E-state index is 12.6. The molecule has 1 unspecified atom stereocenters. The van der Waals surface area contributed by atoms with Crippen LogP contribution in [0, 0.1) is 5.41 Å². The molecule has 1 saturated heterocycles. The van der Waals surface area contributed by atoms with Gasteiger partial charge in [-0.2, -0.15) is 16.9 Å². The average molecular weight is 302 g/mol. The van der Waals surface area contributed by atoms with E-state index in [-0.39, 0.29) is 17.4 Å². The van der Waals surface area contributed by atoms with Crippen molar-refractivity contribution in [2.75, 3.05) is 18.1 Å². The first-order chi connectivity index (χ1) is 8.80. The molecule has 1 aromatic rings. The van der Waals surface area contributed by atoms with Gasteiger partial charge in [-0.05, 0) is 5.41 Å². The summed E-state index contributed by atoms with van der Waals surface area (Å²) in [4.78, 5) is 14.6. The fourth-order valence-corrected chi connectivity index (χ4v) is 3.80. The van der Waals surface area contributed by atoms with Crippen LogP contribution in [0.15, 0.2) is 6.07 Å². The van der Waals surface area contributed by atoms with Crippen LogP contribution in [0.25, 0.3) is 0 Å². The SMILES string of the molecule is Cn1nc(C(=O)N2CCSCC2C(C)(C)C)cc1Cl. The van der Waals surface area contributed by atoms with Gasteiger partial charge in [0.2, 0.25) is 0 Å². The molecule has 1 aromatic heterocycles. The third-order valence-electron chi connectivity index (χ3n) is 3.43. The van der Waals surface area contributed by atoms with E-state index < -0.39 is 0 Å². The highest BCUT2D eigenvalue weighted by molar-refractivity contribution is 7.99. The van der Waals surface area contributed by atoms with E-state index in [2.05, 4.69) is 25.9 Å². The molecule has 19 heavy (non-hydrogen) atoms. The summed E-state index contributed by atoms with van der Waals surface area (Å²) >= 11 is 7.87. The number of aryl methyl sites for hydroxylation is 1. The lowest BCUT2D eigenvalue weighted by Crippen LogP contribution is -2.52. The summed E-state index contributed by atoms with van der Waals surface area (Å²) in [6, 6.07) is 1.88. The Labute approximate surface area is 123 Å². The van der Waals surface area contributed by atoms with Crippen LogP contribution in [0.1, 0.15) is 31.3 Å². The minimum absolute atomic E-state index is 0.0114. The Morgan fingerprint density at radius 2 is 2.21 bits per heavy atom. The van der Waals surface area contributed by atoms with E-state index in [0.717, 1.165) is 18.1 Å². The maximum Gasteiger partial charge on any atom is 0.274 e. The predicted octanol–water partition coefficient (Wildman–Crippen LogP) is 2.68. The molecule has 1 aliphatic heterocycles. The van der Waals surface area contributed by atoms with E-state index >= 15 is 0 Å². The number of carbonyl (C=O) groups excluding carboxylic acids is 1. The zero-order chi connectivity index (χ0) is 14.2. The number of thioether (sulfide) groups is 1. The van der Waals surface area contributed by atoms with E-state index in [1.165, 1.54) is 4.68 Å². The fraction of sp³-hybridized carbons (Fsp3) is 0.692. The Morgan fingerprint density at radius 3 is 2.74 bits per heavy atom. The van der Waals surface area contributed by atoms with Crippen LogP contribution in [0.5, 0.6) is 0 Å². The molecule has 0 saturated carbocycles. The summed E-state index contributed by atoms with van der Waals surface area (Å²) in [6.07, 6.45) is 0. The topological polar surface area (TPSA) is 38.1 Å². The van der Waals surface area contributed by atoms with Gasteiger partial charge in [-0.3, -0.25) is 9.48 Å². The van der Waals surface area contributed by atoms with Crippen molar-refractivity contribution in [3.63, 3.8) is 0 Å². The summed E-state index contributed by atoms with van der Waals surface area (Å²) in [7, 11) is 1.74. The first-order valence-electron chi connectivity index (χ1n) is 6.39. The van der Waals surface area contributed by atoms with Crippen molar-refractivity contribution in [2.45, 2.75) is 26.8 Å². The van der Waals surface area contributed by atoms with Crippen LogP contribution in [0.3, 0.4) is 0 Å². The normalized spacial score (nSPS) is 20.7. The highest BCUT2D eigenvalue weighted by Gasteiger charge is 2.36. The average Bonchev–Trinajstić information content (AvgIpc) is 2.68. The molecule has 0 aliphatic carbocycles. The summed E-state index contributed by atoms with van der Waals surface area (Å²) in [6.45, 7) is 7.30.